The number of imidazole rings is 1. The molecule has 1 N–H and O–H groups in total. The lowest BCUT2D eigenvalue weighted by atomic mass is 10.2. The molecule has 156 valence electrons. The van der Waals surface area contributed by atoms with E-state index < -0.39 is 22.0 Å². The van der Waals surface area contributed by atoms with Gasteiger partial charge in [-0.15, -0.1) is 0 Å². The van der Waals surface area contributed by atoms with Crippen LogP contribution in [0, 0.1) is 0 Å². The number of halogens is 1. The van der Waals surface area contributed by atoms with Gasteiger partial charge in [-0.1, -0.05) is 23.7 Å². The van der Waals surface area contributed by atoms with E-state index in [1.807, 2.05) is 35.0 Å². The van der Waals surface area contributed by atoms with Crippen molar-refractivity contribution in [2.45, 2.75) is 12.6 Å². The van der Waals surface area contributed by atoms with Crippen molar-refractivity contribution >= 4 is 33.2 Å². The fraction of sp³-hybridized carbons (Fsp3) is 0.200. The van der Waals surface area contributed by atoms with Crippen LogP contribution in [0.3, 0.4) is 0 Å². The van der Waals surface area contributed by atoms with Crippen LogP contribution in [-0.4, -0.2) is 42.8 Å². The first-order valence-electron chi connectivity index (χ1n) is 9.10. The maximum atomic E-state index is 12.7. The van der Waals surface area contributed by atoms with Gasteiger partial charge in [-0.05, 0) is 35.9 Å². The third kappa shape index (κ3) is 4.27. The van der Waals surface area contributed by atoms with Crippen molar-refractivity contribution < 1.29 is 17.9 Å². The molecule has 1 aliphatic rings. The highest BCUT2D eigenvalue weighted by atomic mass is 35.5. The second kappa shape index (κ2) is 8.00. The molecule has 0 aliphatic carbocycles. The number of sulfonamides is 1. The predicted molar refractivity (Wildman–Crippen MR) is 113 cm³/mol. The average Bonchev–Trinajstić information content (AvgIpc) is 3.25. The molecule has 3 aromatic rings. The van der Waals surface area contributed by atoms with Crippen LogP contribution in [0.25, 0.3) is 5.69 Å². The van der Waals surface area contributed by atoms with Crippen LogP contribution in [0.4, 0.5) is 5.69 Å². The quantitative estimate of drug-likeness (QED) is 0.649. The number of rotatable bonds is 5. The highest BCUT2D eigenvalue weighted by molar-refractivity contribution is 7.92. The van der Waals surface area contributed by atoms with E-state index in [0.29, 0.717) is 16.5 Å². The molecule has 4 rings (SSSR count). The molecule has 0 saturated heterocycles. The number of aromatic nitrogens is 2. The van der Waals surface area contributed by atoms with Crippen molar-refractivity contribution in [3.63, 3.8) is 0 Å². The molecule has 0 spiro atoms. The van der Waals surface area contributed by atoms with E-state index in [1.54, 1.807) is 24.7 Å². The van der Waals surface area contributed by atoms with E-state index in [2.05, 4.69) is 10.3 Å². The summed E-state index contributed by atoms with van der Waals surface area (Å²) < 4.78 is 33.2. The van der Waals surface area contributed by atoms with E-state index in [4.69, 9.17) is 16.3 Å². The number of nitrogens with zero attached hydrogens (tertiary/aromatic N) is 3. The molecule has 8 nitrogen and oxygen atoms in total. The van der Waals surface area contributed by atoms with Crippen LogP contribution >= 0.6 is 11.6 Å². The highest BCUT2D eigenvalue weighted by Gasteiger charge is 2.35. The van der Waals surface area contributed by atoms with Gasteiger partial charge in [0.05, 0.1) is 24.8 Å². The Balaban J connectivity index is 1.45. The van der Waals surface area contributed by atoms with Crippen LogP contribution < -0.4 is 14.4 Å². The Morgan fingerprint density at radius 3 is 2.70 bits per heavy atom. The first-order chi connectivity index (χ1) is 14.3. The molecule has 0 bridgehead atoms. The van der Waals surface area contributed by atoms with Crippen molar-refractivity contribution in [3.8, 4) is 11.4 Å². The lowest BCUT2D eigenvalue weighted by Gasteiger charge is -2.34. The summed E-state index contributed by atoms with van der Waals surface area (Å²) in [5, 5.41) is 3.19. The summed E-state index contributed by atoms with van der Waals surface area (Å²) in [6.07, 6.45) is 5.36. The second-order valence-corrected chi connectivity index (χ2v) is 9.21. The van der Waals surface area contributed by atoms with Gasteiger partial charge in [-0.25, -0.2) is 13.4 Å². The third-order valence-corrected chi connectivity index (χ3v) is 6.07. The number of benzene rings is 2. The Morgan fingerprint density at radius 1 is 1.27 bits per heavy atom. The molecule has 0 radical (unpaired) electrons. The van der Waals surface area contributed by atoms with Gasteiger partial charge < -0.3 is 14.6 Å². The average molecular weight is 447 g/mol. The molecule has 2 aromatic carbocycles. The van der Waals surface area contributed by atoms with Gasteiger partial charge in [-0.3, -0.25) is 9.10 Å². The van der Waals surface area contributed by atoms with E-state index >= 15 is 0 Å². The van der Waals surface area contributed by atoms with Crippen LogP contribution in [0.2, 0.25) is 5.02 Å². The van der Waals surface area contributed by atoms with Crippen molar-refractivity contribution in [2.75, 3.05) is 17.1 Å². The van der Waals surface area contributed by atoms with Gasteiger partial charge in [0.15, 0.2) is 6.10 Å². The van der Waals surface area contributed by atoms with E-state index in [1.165, 1.54) is 6.07 Å². The Bertz CT molecular complexity index is 1160. The number of fused-ring (bicyclic) bond motifs is 1. The molecule has 30 heavy (non-hydrogen) atoms. The minimum Gasteiger partial charge on any atom is -0.476 e. The summed E-state index contributed by atoms with van der Waals surface area (Å²) in [7, 11) is -3.61. The molecule has 1 aliphatic heterocycles. The number of hydrogen-bond acceptors (Lipinski definition) is 5. The lowest BCUT2D eigenvalue weighted by Crippen LogP contribution is -2.50. The predicted octanol–water partition coefficient (Wildman–Crippen LogP) is 2.37. The van der Waals surface area contributed by atoms with Gasteiger partial charge in [0.25, 0.3) is 5.91 Å². The Hall–Kier alpha value is -3.04. The molecule has 1 unspecified atom stereocenters. The molecule has 1 atom stereocenters. The van der Waals surface area contributed by atoms with Crippen LogP contribution in [0.5, 0.6) is 5.75 Å². The molecule has 0 fully saturated rings. The summed E-state index contributed by atoms with van der Waals surface area (Å²) in [4.78, 5) is 16.7. The molecular formula is C20H19ClN4O4S. The Kier molecular flexibility index (Phi) is 5.40. The monoisotopic (exact) mass is 446 g/mol. The molecule has 0 saturated carbocycles. The summed E-state index contributed by atoms with van der Waals surface area (Å²) in [5.74, 6) is -0.108. The molecular weight excluding hydrogens is 428 g/mol. The van der Waals surface area contributed by atoms with Crippen molar-refractivity contribution in [1.82, 2.24) is 14.9 Å². The molecule has 1 amide bonds. The topological polar surface area (TPSA) is 93.5 Å². The van der Waals surface area contributed by atoms with Gasteiger partial charge in [-0.2, -0.15) is 0 Å². The third-order valence-electron chi connectivity index (χ3n) is 4.69. The van der Waals surface area contributed by atoms with Crippen molar-refractivity contribution in [2.24, 2.45) is 0 Å². The van der Waals surface area contributed by atoms with Crippen LogP contribution in [0.15, 0.2) is 61.2 Å². The number of nitrogens with one attached hydrogen (secondary N) is 1. The molecule has 10 heteroatoms. The number of anilines is 1. The number of carbonyl (C=O) groups excluding carboxylic acids is 1. The van der Waals surface area contributed by atoms with Gasteiger partial charge in [0.2, 0.25) is 10.0 Å². The van der Waals surface area contributed by atoms with Gasteiger partial charge >= 0.3 is 0 Å². The van der Waals surface area contributed by atoms with E-state index in [-0.39, 0.29) is 13.1 Å². The maximum Gasteiger partial charge on any atom is 0.263 e. The minimum atomic E-state index is -3.61. The SMILES string of the molecule is CS(=O)(=O)N1CC(C(=O)NCc2ccc(-n3ccnc3)cc2)Oc2ccc(Cl)cc21. The lowest BCUT2D eigenvalue weighted by molar-refractivity contribution is -0.127. The largest absolute Gasteiger partial charge is 0.476 e. The zero-order valence-electron chi connectivity index (χ0n) is 16.0. The fourth-order valence-electron chi connectivity index (χ4n) is 3.18. The summed E-state index contributed by atoms with van der Waals surface area (Å²) in [6.45, 7) is 0.160. The molecule has 1 aromatic heterocycles. The number of carbonyl (C=O) groups is 1. The summed E-state index contributed by atoms with van der Waals surface area (Å²) in [5.41, 5.74) is 2.18. The smallest absolute Gasteiger partial charge is 0.263 e. The maximum absolute atomic E-state index is 12.7. The number of amides is 1. The normalized spacial score (nSPS) is 15.9. The zero-order chi connectivity index (χ0) is 21.3. The van der Waals surface area contributed by atoms with Gasteiger partial charge in [0, 0.05) is 29.6 Å². The summed E-state index contributed by atoms with van der Waals surface area (Å²) in [6, 6.07) is 12.3. The highest BCUT2D eigenvalue weighted by Crippen LogP contribution is 2.37. The van der Waals surface area contributed by atoms with Crippen LogP contribution in [0.1, 0.15) is 5.56 Å². The van der Waals surface area contributed by atoms with Crippen LogP contribution in [-0.2, 0) is 21.4 Å². The van der Waals surface area contributed by atoms with Gasteiger partial charge in [0.1, 0.15) is 5.75 Å². The summed E-state index contributed by atoms with van der Waals surface area (Å²) >= 11 is 5.99. The first kappa shape index (κ1) is 20.2. The Morgan fingerprint density at radius 2 is 2.03 bits per heavy atom. The second-order valence-electron chi connectivity index (χ2n) is 6.87. The first-order valence-corrected chi connectivity index (χ1v) is 11.3. The van der Waals surface area contributed by atoms with Crippen molar-refractivity contribution in [1.29, 1.82) is 0 Å². The fourth-order valence-corrected chi connectivity index (χ4v) is 4.25. The van der Waals surface area contributed by atoms with Crippen molar-refractivity contribution in [3.05, 3.63) is 71.8 Å². The minimum absolute atomic E-state index is 0.127. The van der Waals surface area contributed by atoms with E-state index in [0.717, 1.165) is 21.8 Å². The standard InChI is InChI=1S/C20H19ClN4O4S/c1-30(27,28)25-12-19(29-18-7-4-15(21)10-17(18)25)20(26)23-11-14-2-5-16(6-3-14)24-9-8-22-13-24/h2-10,13,19H,11-12H2,1H3,(H,23,26). The van der Waals surface area contributed by atoms with E-state index in [9.17, 15) is 13.2 Å². The zero-order valence-corrected chi connectivity index (χ0v) is 17.6. The molecule has 2 heterocycles. The number of hydrogen-bond donors (Lipinski definition) is 1. The Labute approximate surface area is 179 Å². The number of ether oxygens (including phenoxy) is 1.